The van der Waals surface area contributed by atoms with Crippen molar-refractivity contribution in [3.05, 3.63) is 24.0 Å². The third-order valence-corrected chi connectivity index (χ3v) is 2.90. The maximum Gasteiger partial charge on any atom is 0.0562 e. The van der Waals surface area contributed by atoms with Crippen LogP contribution in [0.3, 0.4) is 0 Å². The van der Waals surface area contributed by atoms with E-state index in [0.29, 0.717) is 0 Å². The molecule has 0 unspecified atom stereocenters. The molecule has 4 nitrogen and oxygen atoms in total. The van der Waals surface area contributed by atoms with Gasteiger partial charge in [-0.25, -0.2) is 0 Å². The van der Waals surface area contributed by atoms with Crippen molar-refractivity contribution in [3.63, 3.8) is 0 Å². The summed E-state index contributed by atoms with van der Waals surface area (Å²) in [6.07, 6.45) is 3.07. The minimum Gasteiger partial charge on any atom is -0.374 e. The molecule has 0 amide bonds. The highest BCUT2D eigenvalue weighted by atomic mass is 15.1. The van der Waals surface area contributed by atoms with Crippen LogP contribution in [-0.4, -0.2) is 50.7 Å². The van der Waals surface area contributed by atoms with Gasteiger partial charge in [0.25, 0.3) is 0 Å². The molecule has 1 heterocycles. The van der Waals surface area contributed by atoms with Crippen LogP contribution in [0.1, 0.15) is 19.0 Å². The minimum atomic E-state index is 0.843. The van der Waals surface area contributed by atoms with Crippen LogP contribution < -0.4 is 10.2 Å². The lowest BCUT2D eigenvalue weighted by Crippen LogP contribution is -2.23. The van der Waals surface area contributed by atoms with Crippen LogP contribution in [-0.2, 0) is 6.54 Å². The molecule has 0 spiro atoms. The van der Waals surface area contributed by atoms with Gasteiger partial charge in [0, 0.05) is 32.0 Å². The van der Waals surface area contributed by atoms with Crippen molar-refractivity contribution in [3.8, 4) is 0 Å². The Balaban J connectivity index is 2.48. The van der Waals surface area contributed by atoms with Crippen molar-refractivity contribution < 1.29 is 0 Å². The molecule has 0 saturated carbocycles. The quantitative estimate of drug-likeness (QED) is 0.759. The number of rotatable bonds is 8. The van der Waals surface area contributed by atoms with Gasteiger partial charge < -0.3 is 15.1 Å². The Morgan fingerprint density at radius 1 is 1.22 bits per heavy atom. The van der Waals surface area contributed by atoms with Crippen molar-refractivity contribution in [2.75, 3.05) is 45.7 Å². The van der Waals surface area contributed by atoms with E-state index in [9.17, 15) is 0 Å². The lowest BCUT2D eigenvalue weighted by Gasteiger charge is -2.20. The molecule has 0 aliphatic rings. The molecular weight excluding hydrogens is 224 g/mol. The van der Waals surface area contributed by atoms with E-state index < -0.39 is 0 Å². The second-order valence-electron chi connectivity index (χ2n) is 4.86. The van der Waals surface area contributed by atoms with E-state index in [-0.39, 0.29) is 0 Å². The van der Waals surface area contributed by atoms with E-state index in [1.54, 1.807) is 0 Å². The van der Waals surface area contributed by atoms with Crippen LogP contribution in [0, 0.1) is 0 Å². The molecule has 0 aliphatic carbocycles. The van der Waals surface area contributed by atoms with Gasteiger partial charge in [-0.2, -0.15) is 0 Å². The van der Waals surface area contributed by atoms with Crippen molar-refractivity contribution in [2.45, 2.75) is 19.9 Å². The molecule has 102 valence electrons. The zero-order valence-corrected chi connectivity index (χ0v) is 12.1. The number of aromatic nitrogens is 1. The van der Waals surface area contributed by atoms with Crippen LogP contribution in [0.4, 0.5) is 5.69 Å². The topological polar surface area (TPSA) is 31.4 Å². The molecule has 1 rings (SSSR count). The summed E-state index contributed by atoms with van der Waals surface area (Å²) in [6, 6.07) is 4.24. The fraction of sp³-hybridized carbons (Fsp3) is 0.643. The predicted molar refractivity (Wildman–Crippen MR) is 78.1 cm³/mol. The summed E-state index contributed by atoms with van der Waals surface area (Å²) in [7, 11) is 6.37. The molecule has 1 aromatic rings. The highest BCUT2D eigenvalue weighted by molar-refractivity contribution is 5.45. The lowest BCUT2D eigenvalue weighted by molar-refractivity contribution is 0.401. The van der Waals surface area contributed by atoms with Gasteiger partial charge in [0.05, 0.1) is 5.69 Å². The third-order valence-electron chi connectivity index (χ3n) is 2.90. The average molecular weight is 250 g/mol. The molecule has 0 atom stereocenters. The predicted octanol–water partition coefficient (Wildman–Crippen LogP) is 1.58. The number of nitrogens with zero attached hydrogens (tertiary/aromatic N) is 3. The fourth-order valence-electron chi connectivity index (χ4n) is 1.81. The highest BCUT2D eigenvalue weighted by Gasteiger charge is 2.03. The van der Waals surface area contributed by atoms with Crippen LogP contribution in [0.15, 0.2) is 18.3 Å². The normalized spacial score (nSPS) is 10.9. The van der Waals surface area contributed by atoms with Gasteiger partial charge in [0.15, 0.2) is 0 Å². The van der Waals surface area contributed by atoms with Crippen LogP contribution in [0.25, 0.3) is 0 Å². The van der Waals surface area contributed by atoms with Crippen molar-refractivity contribution in [1.29, 1.82) is 0 Å². The highest BCUT2D eigenvalue weighted by Crippen LogP contribution is 2.13. The summed E-state index contributed by atoms with van der Waals surface area (Å²) >= 11 is 0. The second kappa shape index (κ2) is 8.06. The molecular formula is C14H26N4. The van der Waals surface area contributed by atoms with Crippen molar-refractivity contribution >= 4 is 5.69 Å². The van der Waals surface area contributed by atoms with Gasteiger partial charge >= 0.3 is 0 Å². The number of hydrogen-bond donors (Lipinski definition) is 1. The SMILES string of the molecule is CCNCc1cc(N(C)CCCN(C)C)ccn1. The Kier molecular flexibility index (Phi) is 6.68. The van der Waals surface area contributed by atoms with Gasteiger partial charge in [-0.05, 0) is 45.7 Å². The Morgan fingerprint density at radius 2 is 2.00 bits per heavy atom. The monoisotopic (exact) mass is 250 g/mol. The standard InChI is InChI=1S/C14H26N4/c1-5-15-12-13-11-14(7-8-16-13)18(4)10-6-9-17(2)3/h7-8,11,15H,5-6,9-10,12H2,1-4H3. The Hall–Kier alpha value is -1.13. The van der Waals surface area contributed by atoms with Gasteiger partial charge in [-0.15, -0.1) is 0 Å². The first-order valence-electron chi connectivity index (χ1n) is 6.65. The van der Waals surface area contributed by atoms with E-state index >= 15 is 0 Å². The van der Waals surface area contributed by atoms with Crippen LogP contribution in [0.2, 0.25) is 0 Å². The Bertz CT molecular complexity index is 338. The summed E-state index contributed by atoms with van der Waals surface area (Å²) in [5, 5.41) is 3.30. The van der Waals surface area contributed by atoms with Crippen LogP contribution >= 0.6 is 0 Å². The van der Waals surface area contributed by atoms with Crippen molar-refractivity contribution in [2.24, 2.45) is 0 Å². The second-order valence-corrected chi connectivity index (χ2v) is 4.86. The average Bonchev–Trinajstić information content (AvgIpc) is 2.36. The van der Waals surface area contributed by atoms with Gasteiger partial charge in [0.2, 0.25) is 0 Å². The third kappa shape index (κ3) is 5.47. The lowest BCUT2D eigenvalue weighted by atomic mass is 10.2. The fourth-order valence-corrected chi connectivity index (χ4v) is 1.81. The van der Waals surface area contributed by atoms with Crippen LogP contribution in [0.5, 0.6) is 0 Å². The van der Waals surface area contributed by atoms with E-state index in [0.717, 1.165) is 31.9 Å². The molecule has 0 radical (unpaired) electrons. The maximum atomic E-state index is 4.37. The summed E-state index contributed by atoms with van der Waals surface area (Å²) in [5.74, 6) is 0. The first-order valence-corrected chi connectivity index (χ1v) is 6.65. The summed E-state index contributed by atoms with van der Waals surface area (Å²) in [5.41, 5.74) is 2.35. The van der Waals surface area contributed by atoms with Gasteiger partial charge in [-0.3, -0.25) is 4.98 Å². The maximum absolute atomic E-state index is 4.37. The Morgan fingerprint density at radius 3 is 2.67 bits per heavy atom. The molecule has 0 fully saturated rings. The molecule has 0 saturated heterocycles. The zero-order chi connectivity index (χ0) is 13.4. The molecule has 0 bridgehead atoms. The smallest absolute Gasteiger partial charge is 0.0562 e. The van der Waals surface area contributed by atoms with E-state index in [1.807, 2.05) is 6.20 Å². The zero-order valence-electron chi connectivity index (χ0n) is 12.1. The van der Waals surface area contributed by atoms with E-state index in [2.05, 4.69) is 60.3 Å². The number of pyridine rings is 1. The molecule has 1 aromatic heterocycles. The largest absolute Gasteiger partial charge is 0.374 e. The summed E-state index contributed by atoms with van der Waals surface area (Å²) < 4.78 is 0. The number of nitrogens with one attached hydrogen (secondary N) is 1. The molecule has 0 aromatic carbocycles. The van der Waals surface area contributed by atoms with Gasteiger partial charge in [0.1, 0.15) is 0 Å². The molecule has 0 aliphatic heterocycles. The molecule has 1 N–H and O–H groups in total. The Labute approximate surface area is 111 Å². The van der Waals surface area contributed by atoms with Crippen molar-refractivity contribution in [1.82, 2.24) is 15.2 Å². The first kappa shape index (κ1) is 14.9. The van der Waals surface area contributed by atoms with E-state index in [1.165, 1.54) is 12.1 Å². The van der Waals surface area contributed by atoms with Gasteiger partial charge in [-0.1, -0.05) is 6.92 Å². The first-order chi connectivity index (χ1) is 8.63. The minimum absolute atomic E-state index is 0.843. The summed E-state index contributed by atoms with van der Waals surface area (Å²) in [4.78, 5) is 8.88. The number of hydrogen-bond acceptors (Lipinski definition) is 4. The summed E-state index contributed by atoms with van der Waals surface area (Å²) in [6.45, 7) is 6.13. The molecule has 18 heavy (non-hydrogen) atoms. The van der Waals surface area contributed by atoms with E-state index in [4.69, 9.17) is 0 Å². The molecule has 4 heteroatoms. The number of anilines is 1.